The summed E-state index contributed by atoms with van der Waals surface area (Å²) in [5.41, 5.74) is 0.818. The molecule has 5 nitrogen and oxygen atoms in total. The van der Waals surface area contributed by atoms with Crippen molar-refractivity contribution < 1.29 is 9.53 Å². The van der Waals surface area contributed by atoms with E-state index in [1.165, 1.54) is 0 Å². The molecule has 2 N–H and O–H groups in total. The standard InChI is InChI=1S/C18H29N3O2.2ClH/c1-3-21(4-2)13-14-23-16-10-8-15(9-11-16)20-18(22)17-7-5-6-12-19-17;;/h8-11,17,19H,3-7,12-14H2,1-2H3,(H,20,22);2*1H. The highest BCUT2D eigenvalue weighted by molar-refractivity contribution is 5.94. The summed E-state index contributed by atoms with van der Waals surface area (Å²) >= 11 is 0. The number of anilines is 1. The maximum Gasteiger partial charge on any atom is 0.241 e. The second kappa shape index (κ2) is 13.2. The molecule has 1 saturated heterocycles. The molecule has 0 spiro atoms. The summed E-state index contributed by atoms with van der Waals surface area (Å²) in [6.07, 6.45) is 3.19. The highest BCUT2D eigenvalue weighted by Gasteiger charge is 2.20. The number of carbonyl (C=O) groups excluding carboxylic acids is 1. The summed E-state index contributed by atoms with van der Waals surface area (Å²) in [5.74, 6) is 0.894. The number of nitrogens with zero attached hydrogens (tertiary/aromatic N) is 1. The van der Waals surface area contributed by atoms with Gasteiger partial charge in [-0.3, -0.25) is 4.79 Å². The summed E-state index contributed by atoms with van der Waals surface area (Å²) in [5, 5.41) is 6.22. The van der Waals surface area contributed by atoms with Crippen molar-refractivity contribution in [2.75, 3.05) is 38.1 Å². The number of piperidine rings is 1. The van der Waals surface area contributed by atoms with Gasteiger partial charge in [-0.25, -0.2) is 0 Å². The van der Waals surface area contributed by atoms with Gasteiger partial charge in [0.1, 0.15) is 12.4 Å². The van der Waals surface area contributed by atoms with E-state index >= 15 is 0 Å². The SMILES string of the molecule is CCN(CC)CCOc1ccc(NC(=O)C2CCCCN2)cc1.Cl.Cl. The van der Waals surface area contributed by atoms with Crippen LogP contribution < -0.4 is 15.4 Å². The lowest BCUT2D eigenvalue weighted by atomic mass is 10.0. The molecule has 0 bridgehead atoms. The fourth-order valence-electron chi connectivity index (χ4n) is 2.77. The summed E-state index contributed by atoms with van der Waals surface area (Å²) in [7, 11) is 0. The minimum atomic E-state index is -0.0613. The molecule has 1 aliphatic rings. The molecule has 1 unspecified atom stereocenters. The van der Waals surface area contributed by atoms with Gasteiger partial charge in [-0.2, -0.15) is 0 Å². The van der Waals surface area contributed by atoms with Gasteiger partial charge in [0.25, 0.3) is 0 Å². The average molecular weight is 392 g/mol. The summed E-state index contributed by atoms with van der Waals surface area (Å²) in [4.78, 5) is 14.5. The highest BCUT2D eigenvalue weighted by Crippen LogP contribution is 2.17. The minimum Gasteiger partial charge on any atom is -0.492 e. The van der Waals surface area contributed by atoms with Crippen LogP contribution in [0.25, 0.3) is 0 Å². The van der Waals surface area contributed by atoms with Gasteiger partial charge >= 0.3 is 0 Å². The molecular formula is C18H31Cl2N3O2. The van der Waals surface area contributed by atoms with Crippen LogP contribution in [0.5, 0.6) is 5.75 Å². The third-order valence-corrected chi connectivity index (χ3v) is 4.32. The van der Waals surface area contributed by atoms with Crippen molar-refractivity contribution in [1.82, 2.24) is 10.2 Å². The molecule has 7 heteroatoms. The number of benzene rings is 1. The Morgan fingerprint density at radius 3 is 2.44 bits per heavy atom. The van der Waals surface area contributed by atoms with Crippen molar-refractivity contribution in [3.05, 3.63) is 24.3 Å². The number of nitrogens with one attached hydrogen (secondary N) is 2. The molecule has 1 heterocycles. The summed E-state index contributed by atoms with van der Waals surface area (Å²) < 4.78 is 5.75. The van der Waals surface area contributed by atoms with Crippen molar-refractivity contribution in [3.63, 3.8) is 0 Å². The van der Waals surface area contributed by atoms with Crippen LogP contribution in [0.3, 0.4) is 0 Å². The summed E-state index contributed by atoms with van der Waals surface area (Å²) in [6.45, 7) is 8.93. The average Bonchev–Trinajstić information content (AvgIpc) is 2.61. The maximum atomic E-state index is 12.2. The fourth-order valence-corrected chi connectivity index (χ4v) is 2.77. The third kappa shape index (κ3) is 8.27. The van der Waals surface area contributed by atoms with Crippen LogP contribution in [0, 0.1) is 0 Å². The van der Waals surface area contributed by atoms with Crippen LogP contribution in [0.1, 0.15) is 33.1 Å². The number of amides is 1. The van der Waals surface area contributed by atoms with E-state index in [0.29, 0.717) is 6.61 Å². The molecule has 2 rings (SSSR count). The molecule has 144 valence electrons. The predicted molar refractivity (Wildman–Crippen MR) is 108 cm³/mol. The molecule has 1 aromatic rings. The van der Waals surface area contributed by atoms with Crippen LogP contribution in [-0.2, 0) is 4.79 Å². The Kier molecular flexibility index (Phi) is 12.7. The zero-order chi connectivity index (χ0) is 16.5. The molecule has 1 fully saturated rings. The first-order chi connectivity index (χ1) is 11.2. The lowest BCUT2D eigenvalue weighted by Crippen LogP contribution is -2.43. The third-order valence-electron chi connectivity index (χ3n) is 4.32. The van der Waals surface area contributed by atoms with E-state index in [0.717, 1.165) is 56.9 Å². The van der Waals surface area contributed by atoms with Crippen LogP contribution in [-0.4, -0.2) is 49.6 Å². The van der Waals surface area contributed by atoms with E-state index in [4.69, 9.17) is 4.74 Å². The quantitative estimate of drug-likeness (QED) is 0.713. The number of hydrogen-bond acceptors (Lipinski definition) is 4. The van der Waals surface area contributed by atoms with Crippen molar-refractivity contribution in [2.24, 2.45) is 0 Å². The van der Waals surface area contributed by atoms with Crippen molar-refractivity contribution in [2.45, 2.75) is 39.2 Å². The van der Waals surface area contributed by atoms with Crippen LogP contribution >= 0.6 is 24.8 Å². The molecular weight excluding hydrogens is 361 g/mol. The Morgan fingerprint density at radius 1 is 1.20 bits per heavy atom. The van der Waals surface area contributed by atoms with Crippen molar-refractivity contribution >= 4 is 36.4 Å². The van der Waals surface area contributed by atoms with Crippen molar-refractivity contribution in [1.29, 1.82) is 0 Å². The number of carbonyl (C=O) groups is 1. The van der Waals surface area contributed by atoms with Gasteiger partial charge in [0, 0.05) is 12.2 Å². The van der Waals surface area contributed by atoms with Gasteiger partial charge in [-0.15, -0.1) is 24.8 Å². The van der Waals surface area contributed by atoms with Crippen LogP contribution in [0.15, 0.2) is 24.3 Å². The smallest absolute Gasteiger partial charge is 0.241 e. The zero-order valence-electron chi connectivity index (χ0n) is 15.1. The van der Waals surface area contributed by atoms with E-state index in [-0.39, 0.29) is 36.8 Å². The Bertz CT molecular complexity index is 476. The number of likely N-dealkylation sites (N-methyl/N-ethyl adjacent to an activating group) is 1. The molecule has 1 amide bonds. The van der Waals surface area contributed by atoms with Gasteiger partial charge < -0.3 is 20.3 Å². The largest absolute Gasteiger partial charge is 0.492 e. The molecule has 1 aromatic carbocycles. The van der Waals surface area contributed by atoms with E-state index in [2.05, 4.69) is 29.4 Å². The minimum absolute atomic E-state index is 0. The normalized spacial score (nSPS) is 16.5. The molecule has 0 aliphatic carbocycles. The maximum absolute atomic E-state index is 12.2. The van der Waals surface area contributed by atoms with Gasteiger partial charge in [-0.1, -0.05) is 20.3 Å². The molecule has 1 aliphatic heterocycles. The lowest BCUT2D eigenvalue weighted by Gasteiger charge is -2.22. The Morgan fingerprint density at radius 2 is 1.88 bits per heavy atom. The first-order valence-corrected chi connectivity index (χ1v) is 8.72. The molecule has 0 saturated carbocycles. The van der Waals surface area contributed by atoms with E-state index in [9.17, 15) is 4.79 Å². The van der Waals surface area contributed by atoms with Crippen LogP contribution in [0.2, 0.25) is 0 Å². The number of rotatable bonds is 8. The fraction of sp³-hybridized carbons (Fsp3) is 0.611. The highest BCUT2D eigenvalue weighted by atomic mass is 35.5. The number of hydrogen-bond donors (Lipinski definition) is 2. The van der Waals surface area contributed by atoms with E-state index in [1.807, 2.05) is 24.3 Å². The van der Waals surface area contributed by atoms with Gasteiger partial charge in [0.05, 0.1) is 6.04 Å². The molecule has 1 atom stereocenters. The van der Waals surface area contributed by atoms with Gasteiger partial charge in [-0.05, 0) is 56.7 Å². The Balaban J connectivity index is 0.00000288. The monoisotopic (exact) mass is 391 g/mol. The molecule has 0 radical (unpaired) electrons. The predicted octanol–water partition coefficient (Wildman–Crippen LogP) is 3.33. The number of ether oxygens (including phenoxy) is 1. The topological polar surface area (TPSA) is 53.6 Å². The van der Waals surface area contributed by atoms with E-state index in [1.54, 1.807) is 0 Å². The van der Waals surface area contributed by atoms with Crippen LogP contribution in [0.4, 0.5) is 5.69 Å². The molecule has 0 aromatic heterocycles. The first kappa shape index (κ1) is 24.0. The zero-order valence-corrected chi connectivity index (χ0v) is 16.8. The summed E-state index contributed by atoms with van der Waals surface area (Å²) in [6, 6.07) is 7.55. The van der Waals surface area contributed by atoms with Gasteiger partial charge in [0.2, 0.25) is 5.91 Å². The second-order valence-electron chi connectivity index (χ2n) is 5.89. The molecule has 25 heavy (non-hydrogen) atoms. The Labute approximate surface area is 163 Å². The lowest BCUT2D eigenvalue weighted by molar-refractivity contribution is -0.118. The second-order valence-corrected chi connectivity index (χ2v) is 5.89. The van der Waals surface area contributed by atoms with E-state index < -0.39 is 0 Å². The Hall–Kier alpha value is -1.01. The van der Waals surface area contributed by atoms with Gasteiger partial charge in [0.15, 0.2) is 0 Å². The number of halogens is 2. The first-order valence-electron chi connectivity index (χ1n) is 8.72. The van der Waals surface area contributed by atoms with Crippen molar-refractivity contribution in [3.8, 4) is 5.75 Å².